The van der Waals surface area contributed by atoms with E-state index in [0.717, 1.165) is 32.5 Å². The number of hydrogen-bond donors (Lipinski definition) is 1. The van der Waals surface area contributed by atoms with Gasteiger partial charge in [0.05, 0.1) is 6.42 Å². The van der Waals surface area contributed by atoms with E-state index >= 15 is 0 Å². The van der Waals surface area contributed by atoms with Gasteiger partial charge < -0.3 is 14.7 Å². The van der Waals surface area contributed by atoms with Crippen LogP contribution in [0, 0.1) is 11.8 Å². The predicted molar refractivity (Wildman–Crippen MR) is 67.2 cm³/mol. The molecule has 1 N–H and O–H groups in total. The molecule has 0 radical (unpaired) electrons. The van der Waals surface area contributed by atoms with E-state index in [-0.39, 0.29) is 12.3 Å². The minimum absolute atomic E-state index is 0.0792. The van der Waals surface area contributed by atoms with Crippen molar-refractivity contribution in [1.29, 1.82) is 0 Å². The highest BCUT2D eigenvalue weighted by atomic mass is 16.5. The maximum absolute atomic E-state index is 11.9. The van der Waals surface area contributed by atoms with Crippen LogP contribution in [-0.4, -0.2) is 48.7 Å². The molecule has 0 aromatic carbocycles. The smallest absolute Gasteiger partial charge is 0.304 e. The summed E-state index contributed by atoms with van der Waals surface area (Å²) >= 11 is 0. The Hall–Kier alpha value is -1.10. The third-order valence-electron chi connectivity index (χ3n) is 3.49. The molecule has 1 rings (SSSR count). The van der Waals surface area contributed by atoms with Crippen LogP contribution >= 0.6 is 0 Å². The van der Waals surface area contributed by atoms with E-state index < -0.39 is 11.9 Å². The zero-order valence-corrected chi connectivity index (χ0v) is 11.2. The van der Waals surface area contributed by atoms with Gasteiger partial charge in [-0.15, -0.1) is 0 Å². The van der Waals surface area contributed by atoms with Gasteiger partial charge in [0.15, 0.2) is 0 Å². The zero-order valence-electron chi connectivity index (χ0n) is 11.2. The standard InChI is InChI=1S/C13H23NO4/c1-10(9-12(15)16)13(17)14(2)6-3-11-4-7-18-8-5-11/h10-11H,3-9H2,1-2H3,(H,15,16). The van der Waals surface area contributed by atoms with Crippen molar-refractivity contribution in [1.82, 2.24) is 4.90 Å². The molecule has 1 amide bonds. The van der Waals surface area contributed by atoms with Crippen LogP contribution in [0.5, 0.6) is 0 Å². The van der Waals surface area contributed by atoms with Gasteiger partial charge in [-0.25, -0.2) is 0 Å². The third-order valence-corrected chi connectivity index (χ3v) is 3.49. The lowest BCUT2D eigenvalue weighted by Crippen LogP contribution is -2.34. The Bertz CT molecular complexity index is 287. The van der Waals surface area contributed by atoms with Crippen LogP contribution in [0.1, 0.15) is 32.6 Å². The molecule has 1 atom stereocenters. The highest BCUT2D eigenvalue weighted by Crippen LogP contribution is 2.19. The minimum atomic E-state index is -0.923. The number of amides is 1. The largest absolute Gasteiger partial charge is 0.481 e. The minimum Gasteiger partial charge on any atom is -0.481 e. The molecule has 1 saturated heterocycles. The lowest BCUT2D eigenvalue weighted by Gasteiger charge is -2.26. The lowest BCUT2D eigenvalue weighted by molar-refractivity contribution is -0.143. The summed E-state index contributed by atoms with van der Waals surface area (Å²) in [6, 6.07) is 0. The maximum Gasteiger partial charge on any atom is 0.304 e. The van der Waals surface area contributed by atoms with Gasteiger partial charge in [-0.1, -0.05) is 6.92 Å². The number of carbonyl (C=O) groups excluding carboxylic acids is 1. The summed E-state index contributed by atoms with van der Waals surface area (Å²) in [5.41, 5.74) is 0. The van der Waals surface area contributed by atoms with Gasteiger partial charge in [0, 0.05) is 32.7 Å². The van der Waals surface area contributed by atoms with Gasteiger partial charge in [-0.3, -0.25) is 9.59 Å². The second-order valence-electron chi connectivity index (χ2n) is 5.10. The van der Waals surface area contributed by atoms with Crippen molar-refractivity contribution in [2.45, 2.75) is 32.6 Å². The second-order valence-corrected chi connectivity index (χ2v) is 5.10. The molecule has 5 heteroatoms. The van der Waals surface area contributed by atoms with Crippen molar-refractivity contribution < 1.29 is 19.4 Å². The summed E-state index contributed by atoms with van der Waals surface area (Å²) in [5.74, 6) is -0.816. The SMILES string of the molecule is CC(CC(=O)O)C(=O)N(C)CCC1CCOCC1. The van der Waals surface area contributed by atoms with Crippen LogP contribution in [0.25, 0.3) is 0 Å². The molecule has 0 aromatic rings. The van der Waals surface area contributed by atoms with E-state index in [1.54, 1.807) is 18.9 Å². The van der Waals surface area contributed by atoms with E-state index in [0.29, 0.717) is 12.5 Å². The van der Waals surface area contributed by atoms with E-state index in [1.807, 2.05) is 0 Å². The average molecular weight is 257 g/mol. The fourth-order valence-electron chi connectivity index (χ4n) is 2.25. The first-order valence-corrected chi connectivity index (χ1v) is 6.55. The Morgan fingerprint density at radius 2 is 2.00 bits per heavy atom. The Balaban J connectivity index is 2.28. The summed E-state index contributed by atoms with van der Waals surface area (Å²) in [7, 11) is 1.75. The molecule has 1 aliphatic rings. The van der Waals surface area contributed by atoms with Gasteiger partial charge in [0.1, 0.15) is 0 Å². The molecule has 0 spiro atoms. The van der Waals surface area contributed by atoms with Crippen molar-refractivity contribution in [2.24, 2.45) is 11.8 Å². The number of hydrogen-bond acceptors (Lipinski definition) is 3. The molecule has 0 bridgehead atoms. The van der Waals surface area contributed by atoms with E-state index in [9.17, 15) is 9.59 Å². The zero-order chi connectivity index (χ0) is 13.5. The number of aliphatic carboxylic acids is 1. The predicted octanol–water partition coefficient (Wildman–Crippen LogP) is 1.37. The normalized spacial score (nSPS) is 18.3. The monoisotopic (exact) mass is 257 g/mol. The quantitative estimate of drug-likeness (QED) is 0.780. The van der Waals surface area contributed by atoms with Crippen LogP contribution in [0.15, 0.2) is 0 Å². The molecule has 1 heterocycles. The molecule has 1 aliphatic heterocycles. The van der Waals surface area contributed by atoms with Crippen molar-refractivity contribution in [2.75, 3.05) is 26.8 Å². The lowest BCUT2D eigenvalue weighted by atomic mass is 9.96. The summed E-state index contributed by atoms with van der Waals surface area (Å²) in [4.78, 5) is 24.1. The summed E-state index contributed by atoms with van der Waals surface area (Å²) < 4.78 is 5.29. The maximum atomic E-state index is 11.9. The topological polar surface area (TPSA) is 66.8 Å². The van der Waals surface area contributed by atoms with Crippen molar-refractivity contribution in [3.8, 4) is 0 Å². The number of carboxylic acids is 1. The molecule has 0 aromatic heterocycles. The molecular formula is C13H23NO4. The first-order chi connectivity index (χ1) is 8.50. The number of ether oxygens (including phenoxy) is 1. The first kappa shape index (κ1) is 15.0. The molecule has 0 saturated carbocycles. The second kappa shape index (κ2) is 7.36. The molecule has 1 fully saturated rings. The Morgan fingerprint density at radius 1 is 1.39 bits per heavy atom. The van der Waals surface area contributed by atoms with Crippen LogP contribution < -0.4 is 0 Å². The van der Waals surface area contributed by atoms with E-state index in [4.69, 9.17) is 9.84 Å². The first-order valence-electron chi connectivity index (χ1n) is 6.55. The van der Waals surface area contributed by atoms with Crippen molar-refractivity contribution >= 4 is 11.9 Å². The third kappa shape index (κ3) is 5.04. The Labute approximate surface area is 108 Å². The molecule has 104 valence electrons. The van der Waals surface area contributed by atoms with Crippen molar-refractivity contribution in [3.05, 3.63) is 0 Å². The van der Waals surface area contributed by atoms with Crippen LogP contribution in [0.4, 0.5) is 0 Å². The fraction of sp³-hybridized carbons (Fsp3) is 0.846. The van der Waals surface area contributed by atoms with Crippen molar-refractivity contribution in [3.63, 3.8) is 0 Å². The molecular weight excluding hydrogens is 234 g/mol. The van der Waals surface area contributed by atoms with E-state index in [1.165, 1.54) is 0 Å². The molecule has 0 aliphatic carbocycles. The number of carboxylic acid groups (broad SMARTS) is 1. The number of carbonyl (C=O) groups is 2. The van der Waals surface area contributed by atoms with Gasteiger partial charge in [-0.05, 0) is 25.2 Å². The molecule has 18 heavy (non-hydrogen) atoms. The van der Waals surface area contributed by atoms with Gasteiger partial charge in [-0.2, -0.15) is 0 Å². The van der Waals surface area contributed by atoms with Gasteiger partial charge >= 0.3 is 5.97 Å². The van der Waals surface area contributed by atoms with Gasteiger partial charge in [0.2, 0.25) is 5.91 Å². The Kier molecular flexibility index (Phi) is 6.12. The fourth-order valence-corrected chi connectivity index (χ4v) is 2.25. The Morgan fingerprint density at radius 3 is 2.56 bits per heavy atom. The summed E-state index contributed by atoms with van der Waals surface area (Å²) in [6.07, 6.45) is 3.01. The van der Waals surface area contributed by atoms with Gasteiger partial charge in [0.25, 0.3) is 0 Å². The van der Waals surface area contributed by atoms with Crippen LogP contribution in [-0.2, 0) is 14.3 Å². The summed E-state index contributed by atoms with van der Waals surface area (Å²) in [6.45, 7) is 4.00. The number of rotatable bonds is 6. The molecule has 5 nitrogen and oxygen atoms in total. The van der Waals surface area contributed by atoms with Crippen LogP contribution in [0.3, 0.4) is 0 Å². The highest BCUT2D eigenvalue weighted by Gasteiger charge is 2.21. The molecule has 1 unspecified atom stereocenters. The number of nitrogens with zero attached hydrogens (tertiary/aromatic N) is 1. The highest BCUT2D eigenvalue weighted by molar-refractivity contribution is 5.82. The summed E-state index contributed by atoms with van der Waals surface area (Å²) in [5, 5.41) is 8.66. The van der Waals surface area contributed by atoms with E-state index in [2.05, 4.69) is 0 Å². The van der Waals surface area contributed by atoms with Crippen LogP contribution in [0.2, 0.25) is 0 Å². The average Bonchev–Trinajstić information content (AvgIpc) is 2.35.